The van der Waals surface area contributed by atoms with Crippen LogP contribution in [0.1, 0.15) is 71.0 Å². The Labute approximate surface area is 379 Å². The summed E-state index contributed by atoms with van der Waals surface area (Å²) in [6.07, 6.45) is 29.0. The van der Waals surface area contributed by atoms with Crippen LogP contribution in [0.25, 0.3) is 39.5 Å². The number of hydrogen-bond donors (Lipinski definition) is 0. The Bertz CT molecular complexity index is 3190. The Morgan fingerprint density at radius 1 is 0.484 bits per heavy atom. The predicted molar refractivity (Wildman–Crippen MR) is 272 cm³/mol. The molecule has 11 rings (SSSR count). The van der Waals surface area contributed by atoms with Crippen molar-refractivity contribution in [3.63, 3.8) is 0 Å². The number of allylic oxidation sites excluding steroid dienone is 17. The minimum Gasteiger partial charge on any atom is -0.102 e. The lowest BCUT2D eigenvalue weighted by molar-refractivity contribution is 0.631. The summed E-state index contributed by atoms with van der Waals surface area (Å²) in [6.45, 7) is 20.0. The van der Waals surface area contributed by atoms with E-state index in [-0.39, 0.29) is 23.7 Å². The zero-order valence-corrected chi connectivity index (χ0v) is 36.9. The van der Waals surface area contributed by atoms with Crippen molar-refractivity contribution in [3.05, 3.63) is 280 Å². The van der Waals surface area contributed by atoms with Crippen molar-refractivity contribution in [2.75, 3.05) is 0 Å². The standard InChI is InChI=1S/C64H54/c1-6-49-51(8-3)63(58-25-17-15-23-56(58)61(49)42-19-11-10-12-20-42)47-34-33-45-37-44(31-32-46(45)38-47)41-27-29-43(30-28-41)62-50(7-2)52(9-4)64(59-26-18-16-24-57(59)62)48-35-36-55-54-22-14-13-21-53(54)40(5)60(55)39-48/h6-27,29,31-32,35-40,49,51,57,59H,1-4,28,30,33-34H2,5H3. The van der Waals surface area contributed by atoms with E-state index < -0.39 is 0 Å². The molecular formula is C64H54. The van der Waals surface area contributed by atoms with Gasteiger partial charge in [0.05, 0.1) is 0 Å². The summed E-state index contributed by atoms with van der Waals surface area (Å²) < 4.78 is 0. The Hall–Kier alpha value is -7.02. The summed E-state index contributed by atoms with van der Waals surface area (Å²) >= 11 is 0. The molecule has 0 heterocycles. The van der Waals surface area contributed by atoms with Crippen LogP contribution in [-0.2, 0) is 6.42 Å². The van der Waals surface area contributed by atoms with E-state index in [1.54, 1.807) is 0 Å². The molecule has 0 saturated heterocycles. The molecule has 0 aromatic heterocycles. The summed E-state index contributed by atoms with van der Waals surface area (Å²) in [5.74, 6) is 1.09. The lowest BCUT2D eigenvalue weighted by Gasteiger charge is -2.38. The third-order valence-corrected chi connectivity index (χ3v) is 15.1. The number of rotatable bonds is 9. The van der Waals surface area contributed by atoms with Crippen LogP contribution in [0.2, 0.25) is 0 Å². The molecule has 0 fully saturated rings. The van der Waals surface area contributed by atoms with Gasteiger partial charge >= 0.3 is 0 Å². The van der Waals surface area contributed by atoms with Crippen molar-refractivity contribution in [1.29, 1.82) is 0 Å². The average Bonchev–Trinajstić information content (AvgIpc) is 3.64. The first kappa shape index (κ1) is 39.8. The maximum Gasteiger partial charge on any atom is 0.0137 e. The number of aryl methyl sites for hydroxylation is 1. The van der Waals surface area contributed by atoms with Crippen molar-refractivity contribution in [2.24, 2.45) is 23.7 Å². The zero-order valence-electron chi connectivity index (χ0n) is 36.9. The Kier molecular flexibility index (Phi) is 10.1. The van der Waals surface area contributed by atoms with Gasteiger partial charge in [0.15, 0.2) is 0 Å². The fraction of sp³-hybridized carbons (Fsp3) is 0.156. The second-order valence-electron chi connectivity index (χ2n) is 18.2. The lowest BCUT2D eigenvalue weighted by Crippen LogP contribution is -2.40. The summed E-state index contributed by atoms with van der Waals surface area (Å²) in [5.41, 5.74) is 24.3. The molecular weight excluding hydrogens is 769 g/mol. The van der Waals surface area contributed by atoms with Crippen LogP contribution in [0.4, 0.5) is 0 Å². The molecule has 0 N–H and O–H groups in total. The largest absolute Gasteiger partial charge is 0.102 e. The van der Waals surface area contributed by atoms with Gasteiger partial charge in [-0.25, -0.2) is 0 Å². The first-order valence-corrected chi connectivity index (χ1v) is 23.2. The smallest absolute Gasteiger partial charge is 0.0137 e. The molecule has 310 valence electrons. The van der Waals surface area contributed by atoms with E-state index in [9.17, 15) is 0 Å². The molecule has 5 aromatic rings. The number of fused-ring (bicyclic) bond motifs is 6. The van der Waals surface area contributed by atoms with Gasteiger partial charge in [0.2, 0.25) is 0 Å². The maximum atomic E-state index is 4.43. The quantitative estimate of drug-likeness (QED) is 0.130. The van der Waals surface area contributed by atoms with Crippen LogP contribution >= 0.6 is 0 Å². The molecule has 6 aliphatic rings. The minimum absolute atomic E-state index is 0.142. The van der Waals surface area contributed by atoms with E-state index >= 15 is 0 Å². The molecule has 0 spiro atoms. The molecule has 5 unspecified atom stereocenters. The summed E-state index contributed by atoms with van der Waals surface area (Å²) in [4.78, 5) is 0. The highest BCUT2D eigenvalue weighted by Crippen LogP contribution is 2.53. The van der Waals surface area contributed by atoms with Crippen molar-refractivity contribution in [2.45, 2.75) is 38.5 Å². The minimum atomic E-state index is 0.142. The van der Waals surface area contributed by atoms with Gasteiger partial charge < -0.3 is 0 Å². The molecule has 0 nitrogen and oxygen atoms in total. The highest BCUT2D eigenvalue weighted by Gasteiger charge is 2.37. The van der Waals surface area contributed by atoms with Gasteiger partial charge in [-0.2, -0.15) is 0 Å². The van der Waals surface area contributed by atoms with Crippen LogP contribution in [0.5, 0.6) is 0 Å². The van der Waals surface area contributed by atoms with Gasteiger partial charge in [0.1, 0.15) is 0 Å². The van der Waals surface area contributed by atoms with Gasteiger partial charge in [-0.3, -0.25) is 0 Å². The highest BCUT2D eigenvalue weighted by atomic mass is 14.4. The lowest BCUT2D eigenvalue weighted by atomic mass is 9.65. The van der Waals surface area contributed by atoms with Gasteiger partial charge in [-0.15, -0.1) is 13.2 Å². The summed E-state index contributed by atoms with van der Waals surface area (Å²) in [5, 5.41) is 2.62. The van der Waals surface area contributed by atoms with E-state index in [4.69, 9.17) is 0 Å². The summed E-state index contributed by atoms with van der Waals surface area (Å²) in [7, 11) is 0. The van der Waals surface area contributed by atoms with Gasteiger partial charge in [0.25, 0.3) is 0 Å². The van der Waals surface area contributed by atoms with Crippen molar-refractivity contribution in [1.82, 2.24) is 0 Å². The molecule has 5 atom stereocenters. The Balaban J connectivity index is 0.939. The predicted octanol–water partition coefficient (Wildman–Crippen LogP) is 14.4. The molecule has 0 bridgehead atoms. The van der Waals surface area contributed by atoms with E-state index in [0.717, 1.165) is 25.7 Å². The monoisotopic (exact) mass is 822 g/mol. The fourth-order valence-electron chi connectivity index (χ4n) is 12.2. The van der Waals surface area contributed by atoms with Crippen LogP contribution in [0.3, 0.4) is 0 Å². The maximum absolute atomic E-state index is 4.43. The van der Waals surface area contributed by atoms with Crippen LogP contribution in [-0.4, -0.2) is 0 Å². The Morgan fingerprint density at radius 3 is 1.83 bits per heavy atom. The SMILES string of the molecule is C=CC1=C(C2=CC=C(c3ccc4c(c3)CCC(C3=c5ccccc5=C(c5ccccc5)C(C=C)C3C=C)=C4)CC2)C2C=CC=CC2C(c2ccc3c(c2)C(C)c2ccccc2-3)=C1C=C. The van der Waals surface area contributed by atoms with Gasteiger partial charge in [-0.05, 0) is 136 Å². The van der Waals surface area contributed by atoms with E-state index in [0.29, 0.717) is 5.92 Å². The average molecular weight is 823 g/mol. The summed E-state index contributed by atoms with van der Waals surface area (Å²) in [6, 6.07) is 43.0. The van der Waals surface area contributed by atoms with Crippen molar-refractivity contribution in [3.8, 4) is 11.1 Å². The zero-order chi connectivity index (χ0) is 43.5. The first-order valence-electron chi connectivity index (χ1n) is 23.2. The topological polar surface area (TPSA) is 0 Å². The normalized spacial score (nSPS) is 22.9. The molecule has 0 saturated carbocycles. The molecule has 0 radical (unpaired) electrons. The molecule has 5 aromatic carbocycles. The fourth-order valence-corrected chi connectivity index (χ4v) is 12.2. The van der Waals surface area contributed by atoms with Gasteiger partial charge in [0, 0.05) is 29.6 Å². The van der Waals surface area contributed by atoms with Crippen LogP contribution in [0.15, 0.2) is 230 Å². The molecule has 0 aliphatic heterocycles. The molecule has 0 amide bonds. The highest BCUT2D eigenvalue weighted by molar-refractivity contribution is 5.88. The Morgan fingerprint density at radius 2 is 1.09 bits per heavy atom. The van der Waals surface area contributed by atoms with Crippen molar-refractivity contribution >= 4 is 28.4 Å². The number of benzene rings is 5. The second-order valence-corrected chi connectivity index (χ2v) is 18.2. The second kappa shape index (κ2) is 16.3. The third kappa shape index (κ3) is 6.34. The van der Waals surface area contributed by atoms with Gasteiger partial charge in [-0.1, -0.05) is 202 Å². The van der Waals surface area contributed by atoms with Crippen LogP contribution < -0.4 is 10.4 Å². The molecule has 0 heteroatoms. The van der Waals surface area contributed by atoms with E-state index in [1.807, 2.05) is 0 Å². The van der Waals surface area contributed by atoms with E-state index in [1.165, 1.54) is 111 Å². The molecule has 6 aliphatic carbocycles. The van der Waals surface area contributed by atoms with Crippen molar-refractivity contribution < 1.29 is 0 Å². The van der Waals surface area contributed by atoms with Crippen LogP contribution in [0, 0.1) is 23.7 Å². The first-order chi connectivity index (χ1) is 31.5. The number of hydrogen-bond acceptors (Lipinski definition) is 0. The molecule has 64 heavy (non-hydrogen) atoms. The van der Waals surface area contributed by atoms with E-state index in [2.05, 4.69) is 215 Å². The third-order valence-electron chi connectivity index (χ3n) is 15.1.